The van der Waals surface area contributed by atoms with E-state index in [0.717, 1.165) is 38.5 Å². The second-order valence-electron chi connectivity index (χ2n) is 5.49. The van der Waals surface area contributed by atoms with Crippen LogP contribution >= 0.6 is 0 Å². The van der Waals surface area contributed by atoms with Crippen LogP contribution in [-0.4, -0.2) is 31.2 Å². The van der Waals surface area contributed by atoms with Crippen LogP contribution < -0.4 is 5.73 Å². The molecule has 0 aliphatic heterocycles. The lowest BCUT2D eigenvalue weighted by atomic mass is 10.2. The van der Waals surface area contributed by atoms with Gasteiger partial charge in [0.2, 0.25) is 0 Å². The van der Waals surface area contributed by atoms with E-state index in [1.165, 1.54) is 12.0 Å². The predicted molar refractivity (Wildman–Crippen MR) is 82.1 cm³/mol. The van der Waals surface area contributed by atoms with E-state index in [0.29, 0.717) is 5.92 Å². The molecule has 1 aromatic carbocycles. The molecule has 0 radical (unpaired) electrons. The highest BCUT2D eigenvalue weighted by Crippen LogP contribution is 2.09. The fraction of sp³-hybridized carbons (Fsp3) is 0.625. The molecule has 0 saturated heterocycles. The van der Waals surface area contributed by atoms with E-state index in [9.17, 15) is 0 Å². The van der Waals surface area contributed by atoms with Gasteiger partial charge in [-0.1, -0.05) is 32.9 Å². The number of nitrogens with two attached hydrogens (primary N) is 1. The standard InChI is InChI=1S/C16H28N2O/c1-4-9-18(10-11-19-13-14(2)3)12-15-5-7-16(17)8-6-15/h5-8,14H,4,9-13,17H2,1-3H3. The van der Waals surface area contributed by atoms with E-state index in [1.54, 1.807) is 0 Å². The summed E-state index contributed by atoms with van der Waals surface area (Å²) in [5, 5.41) is 0. The third-order valence-corrected chi connectivity index (χ3v) is 2.93. The lowest BCUT2D eigenvalue weighted by molar-refractivity contribution is 0.0834. The first-order valence-electron chi connectivity index (χ1n) is 7.26. The SMILES string of the molecule is CCCN(CCOCC(C)C)Cc1ccc(N)cc1. The average Bonchev–Trinajstić information content (AvgIpc) is 2.37. The van der Waals surface area contributed by atoms with Gasteiger partial charge in [0.1, 0.15) is 0 Å². The fourth-order valence-corrected chi connectivity index (χ4v) is 1.98. The van der Waals surface area contributed by atoms with E-state index < -0.39 is 0 Å². The van der Waals surface area contributed by atoms with E-state index in [4.69, 9.17) is 10.5 Å². The maximum Gasteiger partial charge on any atom is 0.0593 e. The first-order chi connectivity index (χ1) is 9.11. The molecule has 0 spiro atoms. The van der Waals surface area contributed by atoms with Crippen molar-refractivity contribution in [2.45, 2.75) is 33.7 Å². The van der Waals surface area contributed by atoms with Crippen molar-refractivity contribution in [3.05, 3.63) is 29.8 Å². The smallest absolute Gasteiger partial charge is 0.0593 e. The van der Waals surface area contributed by atoms with Gasteiger partial charge in [-0.05, 0) is 36.6 Å². The van der Waals surface area contributed by atoms with E-state index in [2.05, 4.69) is 37.8 Å². The molecule has 0 atom stereocenters. The number of anilines is 1. The third kappa shape index (κ3) is 7.19. The minimum atomic E-state index is 0.608. The van der Waals surface area contributed by atoms with Gasteiger partial charge < -0.3 is 10.5 Å². The number of ether oxygens (including phenoxy) is 1. The summed E-state index contributed by atoms with van der Waals surface area (Å²) in [6.07, 6.45) is 1.17. The highest BCUT2D eigenvalue weighted by atomic mass is 16.5. The summed E-state index contributed by atoms with van der Waals surface area (Å²) in [5.41, 5.74) is 7.85. The molecule has 2 N–H and O–H groups in total. The van der Waals surface area contributed by atoms with Crippen molar-refractivity contribution in [2.24, 2.45) is 5.92 Å². The van der Waals surface area contributed by atoms with Crippen LogP contribution in [0.5, 0.6) is 0 Å². The van der Waals surface area contributed by atoms with Gasteiger partial charge in [0.05, 0.1) is 6.61 Å². The Morgan fingerprint density at radius 3 is 2.42 bits per heavy atom. The van der Waals surface area contributed by atoms with Crippen molar-refractivity contribution in [1.82, 2.24) is 4.90 Å². The summed E-state index contributed by atoms with van der Waals surface area (Å²) in [6.45, 7) is 11.3. The Bertz CT molecular complexity index is 335. The molecule has 0 aliphatic rings. The quantitative estimate of drug-likeness (QED) is 0.550. The van der Waals surface area contributed by atoms with Crippen LogP contribution in [0.4, 0.5) is 5.69 Å². The van der Waals surface area contributed by atoms with Crippen LogP contribution in [0.3, 0.4) is 0 Å². The van der Waals surface area contributed by atoms with Gasteiger partial charge in [-0.3, -0.25) is 4.90 Å². The van der Waals surface area contributed by atoms with Crippen LogP contribution in [0, 0.1) is 5.92 Å². The van der Waals surface area contributed by atoms with Crippen LogP contribution in [0.2, 0.25) is 0 Å². The van der Waals surface area contributed by atoms with Crippen molar-refractivity contribution in [2.75, 3.05) is 32.0 Å². The molecule has 19 heavy (non-hydrogen) atoms. The van der Waals surface area contributed by atoms with Crippen molar-refractivity contribution >= 4 is 5.69 Å². The molecule has 0 aromatic heterocycles. The number of benzene rings is 1. The van der Waals surface area contributed by atoms with Crippen LogP contribution in [0.1, 0.15) is 32.8 Å². The summed E-state index contributed by atoms with van der Waals surface area (Å²) in [7, 11) is 0. The van der Waals surface area contributed by atoms with Gasteiger partial charge >= 0.3 is 0 Å². The lowest BCUT2D eigenvalue weighted by Gasteiger charge is -2.22. The summed E-state index contributed by atoms with van der Waals surface area (Å²) in [5.74, 6) is 0.608. The van der Waals surface area contributed by atoms with E-state index in [1.807, 2.05) is 12.1 Å². The molecule has 0 bridgehead atoms. The zero-order chi connectivity index (χ0) is 14.1. The van der Waals surface area contributed by atoms with Gasteiger partial charge in [-0.25, -0.2) is 0 Å². The first kappa shape index (κ1) is 16.0. The van der Waals surface area contributed by atoms with Crippen LogP contribution in [-0.2, 0) is 11.3 Å². The topological polar surface area (TPSA) is 38.5 Å². The Morgan fingerprint density at radius 2 is 1.84 bits per heavy atom. The Labute approximate surface area is 117 Å². The van der Waals surface area contributed by atoms with Gasteiger partial charge in [-0.2, -0.15) is 0 Å². The summed E-state index contributed by atoms with van der Waals surface area (Å²) in [4.78, 5) is 2.44. The second-order valence-corrected chi connectivity index (χ2v) is 5.49. The van der Waals surface area contributed by atoms with E-state index in [-0.39, 0.29) is 0 Å². The molecule has 0 saturated carbocycles. The molecule has 1 aromatic rings. The molecular weight excluding hydrogens is 236 g/mol. The highest BCUT2D eigenvalue weighted by molar-refractivity contribution is 5.39. The van der Waals surface area contributed by atoms with Crippen molar-refractivity contribution in [3.63, 3.8) is 0 Å². The zero-order valence-electron chi connectivity index (χ0n) is 12.6. The lowest BCUT2D eigenvalue weighted by Crippen LogP contribution is -2.28. The van der Waals surface area contributed by atoms with Crippen molar-refractivity contribution < 1.29 is 4.74 Å². The molecule has 3 heteroatoms. The Hall–Kier alpha value is -1.06. The number of rotatable bonds is 9. The molecule has 108 valence electrons. The Morgan fingerprint density at radius 1 is 1.16 bits per heavy atom. The first-order valence-corrected chi connectivity index (χ1v) is 7.26. The summed E-state index contributed by atoms with van der Waals surface area (Å²) >= 11 is 0. The maximum atomic E-state index is 5.71. The zero-order valence-corrected chi connectivity index (χ0v) is 12.6. The molecular formula is C16H28N2O. The average molecular weight is 264 g/mol. The summed E-state index contributed by atoms with van der Waals surface area (Å²) in [6, 6.07) is 8.14. The van der Waals surface area contributed by atoms with Gasteiger partial charge in [0.25, 0.3) is 0 Å². The molecule has 0 unspecified atom stereocenters. The monoisotopic (exact) mass is 264 g/mol. The van der Waals surface area contributed by atoms with Crippen LogP contribution in [0.25, 0.3) is 0 Å². The van der Waals surface area contributed by atoms with Crippen LogP contribution in [0.15, 0.2) is 24.3 Å². The third-order valence-electron chi connectivity index (χ3n) is 2.93. The predicted octanol–water partition coefficient (Wildman–Crippen LogP) is 3.15. The van der Waals surface area contributed by atoms with Gasteiger partial charge in [-0.15, -0.1) is 0 Å². The van der Waals surface area contributed by atoms with Gasteiger partial charge in [0, 0.05) is 25.4 Å². The Balaban J connectivity index is 2.37. The van der Waals surface area contributed by atoms with E-state index >= 15 is 0 Å². The van der Waals surface area contributed by atoms with Gasteiger partial charge in [0.15, 0.2) is 0 Å². The maximum absolute atomic E-state index is 5.71. The highest BCUT2D eigenvalue weighted by Gasteiger charge is 2.05. The molecule has 3 nitrogen and oxygen atoms in total. The minimum Gasteiger partial charge on any atom is -0.399 e. The molecule has 0 fully saturated rings. The number of hydrogen-bond acceptors (Lipinski definition) is 3. The van der Waals surface area contributed by atoms with Crippen molar-refractivity contribution in [3.8, 4) is 0 Å². The summed E-state index contributed by atoms with van der Waals surface area (Å²) < 4.78 is 5.67. The number of hydrogen-bond donors (Lipinski definition) is 1. The molecule has 0 heterocycles. The molecule has 0 aliphatic carbocycles. The second kappa shape index (κ2) is 8.94. The van der Waals surface area contributed by atoms with Crippen molar-refractivity contribution in [1.29, 1.82) is 0 Å². The number of nitrogens with zero attached hydrogens (tertiary/aromatic N) is 1. The normalized spacial score (nSPS) is 11.4. The number of nitrogen functional groups attached to an aromatic ring is 1. The minimum absolute atomic E-state index is 0.608. The Kier molecular flexibility index (Phi) is 7.53. The molecule has 0 amide bonds. The fourth-order valence-electron chi connectivity index (χ4n) is 1.98. The molecule has 1 rings (SSSR count). The largest absolute Gasteiger partial charge is 0.399 e.